The minimum Gasteiger partial charge on any atom is -0.505 e. The van der Waals surface area contributed by atoms with Crippen LogP contribution >= 0.6 is 23.5 Å². The van der Waals surface area contributed by atoms with Gasteiger partial charge in [0.05, 0.1) is 19.2 Å². The van der Waals surface area contributed by atoms with Gasteiger partial charge in [-0.2, -0.15) is 0 Å². The van der Waals surface area contributed by atoms with E-state index >= 15 is 0 Å². The Labute approximate surface area is 213 Å². The zero-order valence-electron chi connectivity index (χ0n) is 19.3. The van der Waals surface area contributed by atoms with Crippen LogP contribution in [0.1, 0.15) is 5.56 Å². The Morgan fingerprint density at radius 2 is 1.69 bits per heavy atom. The first-order chi connectivity index (χ1) is 17.4. The van der Waals surface area contributed by atoms with Crippen LogP contribution in [0.5, 0.6) is 11.5 Å². The predicted octanol–water partition coefficient (Wildman–Crippen LogP) is 5.88. The third-order valence-electron chi connectivity index (χ3n) is 5.79. The maximum absolute atomic E-state index is 13.7. The zero-order valence-corrected chi connectivity index (χ0v) is 20.9. The average Bonchev–Trinajstić information content (AvgIpc) is 2.89. The average molecular weight is 522 g/mol. The number of fused-ring (bicyclic) bond motifs is 3. The highest BCUT2D eigenvalue weighted by molar-refractivity contribution is 7.99. The molecule has 2 aromatic heterocycles. The maximum atomic E-state index is 13.7. The molecule has 0 radical (unpaired) electrons. The van der Waals surface area contributed by atoms with E-state index in [0.717, 1.165) is 16.7 Å². The van der Waals surface area contributed by atoms with Crippen molar-refractivity contribution in [1.29, 1.82) is 0 Å². The first-order valence-electron chi connectivity index (χ1n) is 10.9. The van der Waals surface area contributed by atoms with Gasteiger partial charge in [0.15, 0.2) is 11.3 Å². The number of halogens is 1. The number of benzene rings is 3. The molecule has 5 aromatic rings. The molecule has 0 aliphatic heterocycles. The topological polar surface area (TPSA) is 81.7 Å². The lowest BCUT2D eigenvalue weighted by Gasteiger charge is -2.15. The fourth-order valence-corrected chi connectivity index (χ4v) is 5.25. The number of ether oxygens (including phenoxy) is 1. The van der Waals surface area contributed by atoms with Gasteiger partial charge in [-0.25, -0.2) is 9.18 Å². The largest absolute Gasteiger partial charge is 0.505 e. The van der Waals surface area contributed by atoms with Crippen LogP contribution < -0.4 is 15.9 Å². The molecule has 1 N–H and O–H groups in total. The molecule has 0 amide bonds. The molecule has 0 unspecified atom stereocenters. The highest BCUT2D eigenvalue weighted by Crippen LogP contribution is 2.38. The van der Waals surface area contributed by atoms with Crippen molar-refractivity contribution in [3.8, 4) is 11.5 Å². The Morgan fingerprint density at radius 1 is 1.00 bits per heavy atom. The summed E-state index contributed by atoms with van der Waals surface area (Å²) in [5, 5.41) is 11.6. The highest BCUT2D eigenvalue weighted by Gasteiger charge is 2.23. The van der Waals surface area contributed by atoms with E-state index in [0.29, 0.717) is 27.1 Å². The van der Waals surface area contributed by atoms with Crippen molar-refractivity contribution in [3.05, 3.63) is 98.9 Å². The van der Waals surface area contributed by atoms with Crippen LogP contribution in [-0.2, 0) is 6.54 Å². The molecule has 2 heterocycles. The molecule has 36 heavy (non-hydrogen) atoms. The molecule has 182 valence electrons. The van der Waals surface area contributed by atoms with E-state index in [1.807, 2.05) is 18.4 Å². The Balaban J connectivity index is 1.76. The summed E-state index contributed by atoms with van der Waals surface area (Å²) in [6.45, 7) is 0.143. The van der Waals surface area contributed by atoms with Crippen LogP contribution in [0, 0.1) is 5.82 Å². The van der Waals surface area contributed by atoms with Crippen LogP contribution in [0.25, 0.3) is 21.9 Å². The molecule has 0 fully saturated rings. The van der Waals surface area contributed by atoms with Crippen molar-refractivity contribution >= 4 is 45.4 Å². The number of aromatic hydroxyl groups is 1. The third-order valence-corrected chi connectivity index (χ3v) is 7.59. The molecule has 0 atom stereocenters. The molecular weight excluding hydrogens is 501 g/mol. The smallest absolute Gasteiger partial charge is 0.354 e. The van der Waals surface area contributed by atoms with Gasteiger partial charge >= 0.3 is 5.63 Å². The van der Waals surface area contributed by atoms with Crippen molar-refractivity contribution in [1.82, 2.24) is 4.57 Å². The second-order valence-electron chi connectivity index (χ2n) is 7.95. The molecule has 0 aliphatic carbocycles. The molecular formula is C27H20FNO5S2. The lowest BCUT2D eigenvalue weighted by atomic mass is 10.1. The van der Waals surface area contributed by atoms with Crippen molar-refractivity contribution in [2.24, 2.45) is 0 Å². The number of nitrogens with zero attached hydrogens (tertiary/aromatic N) is 1. The van der Waals surface area contributed by atoms with E-state index in [2.05, 4.69) is 0 Å². The number of methoxy groups -OCH3 is 1. The monoisotopic (exact) mass is 521 g/mol. The molecule has 9 heteroatoms. The van der Waals surface area contributed by atoms with Gasteiger partial charge in [-0.05, 0) is 66.4 Å². The fourth-order valence-electron chi connectivity index (χ4n) is 3.98. The second kappa shape index (κ2) is 9.75. The first-order valence-corrected chi connectivity index (χ1v) is 12.9. The first kappa shape index (κ1) is 24.0. The second-order valence-corrected chi connectivity index (χ2v) is 9.91. The van der Waals surface area contributed by atoms with Crippen molar-refractivity contribution < 1.29 is 18.7 Å². The maximum Gasteiger partial charge on any atom is 0.354 e. The number of thioether (sulfide) groups is 1. The summed E-state index contributed by atoms with van der Waals surface area (Å²) >= 11 is 2.50. The van der Waals surface area contributed by atoms with Gasteiger partial charge in [0.1, 0.15) is 21.8 Å². The van der Waals surface area contributed by atoms with Crippen LogP contribution in [0.4, 0.5) is 4.39 Å². The SMILES string of the molecule is COc1ccc(Sc2c(O)c3c(=O)n(Cc4ccc(F)cc4)c4ccc(SC)cc4c3oc2=O)cc1. The normalized spacial score (nSPS) is 11.3. The summed E-state index contributed by atoms with van der Waals surface area (Å²) in [6, 6.07) is 18.3. The Bertz CT molecular complexity index is 1710. The minimum absolute atomic E-state index is 0.0304. The summed E-state index contributed by atoms with van der Waals surface area (Å²) < 4.78 is 25.8. The molecule has 0 spiro atoms. The summed E-state index contributed by atoms with van der Waals surface area (Å²) in [5.41, 5.74) is 0.0114. The van der Waals surface area contributed by atoms with Gasteiger partial charge in [-0.3, -0.25) is 4.79 Å². The number of rotatable bonds is 6. The molecule has 0 aliphatic rings. The van der Waals surface area contributed by atoms with Gasteiger partial charge in [-0.15, -0.1) is 11.8 Å². The van der Waals surface area contributed by atoms with Gasteiger partial charge < -0.3 is 18.8 Å². The van der Waals surface area contributed by atoms with Crippen molar-refractivity contribution in [2.45, 2.75) is 21.2 Å². The minimum atomic E-state index is -0.743. The molecule has 5 rings (SSSR count). The lowest BCUT2D eigenvalue weighted by Crippen LogP contribution is -2.23. The summed E-state index contributed by atoms with van der Waals surface area (Å²) in [5.74, 6) is -0.163. The standard InChI is InChI=1S/C27H20FNO5S2/c1-33-17-7-9-18(10-8-17)36-25-23(30)22-24(34-27(25)32)20-13-19(35-2)11-12-21(20)29(26(22)31)14-15-3-5-16(28)6-4-15/h3-13,30H,14H2,1-2H3. The third kappa shape index (κ3) is 4.36. The van der Waals surface area contributed by atoms with E-state index < -0.39 is 16.9 Å². The quantitative estimate of drug-likeness (QED) is 0.221. The zero-order chi connectivity index (χ0) is 25.4. The van der Waals surface area contributed by atoms with Gasteiger partial charge in [0, 0.05) is 15.2 Å². The summed E-state index contributed by atoms with van der Waals surface area (Å²) in [4.78, 5) is 28.2. The van der Waals surface area contributed by atoms with Crippen LogP contribution in [0.15, 0.2) is 95.4 Å². The predicted molar refractivity (Wildman–Crippen MR) is 140 cm³/mol. The summed E-state index contributed by atoms with van der Waals surface area (Å²) in [6.07, 6.45) is 1.91. The van der Waals surface area contributed by atoms with E-state index in [-0.39, 0.29) is 28.2 Å². The molecule has 6 nitrogen and oxygen atoms in total. The van der Waals surface area contributed by atoms with Gasteiger partial charge in [0.25, 0.3) is 5.56 Å². The lowest BCUT2D eigenvalue weighted by molar-refractivity contribution is 0.414. The van der Waals surface area contributed by atoms with Crippen molar-refractivity contribution in [2.75, 3.05) is 13.4 Å². The van der Waals surface area contributed by atoms with Gasteiger partial charge in [-0.1, -0.05) is 23.9 Å². The Kier molecular flexibility index (Phi) is 6.51. The fraction of sp³-hybridized carbons (Fsp3) is 0.111. The van der Waals surface area contributed by atoms with E-state index in [1.165, 1.54) is 28.5 Å². The van der Waals surface area contributed by atoms with E-state index in [4.69, 9.17) is 9.15 Å². The van der Waals surface area contributed by atoms with Crippen LogP contribution in [0.3, 0.4) is 0 Å². The molecule has 0 bridgehead atoms. The van der Waals surface area contributed by atoms with Crippen LogP contribution in [0.2, 0.25) is 0 Å². The van der Waals surface area contributed by atoms with E-state index in [9.17, 15) is 19.1 Å². The number of aromatic nitrogens is 1. The van der Waals surface area contributed by atoms with Gasteiger partial charge in [0.2, 0.25) is 0 Å². The Morgan fingerprint density at radius 3 is 2.36 bits per heavy atom. The number of hydrogen-bond donors (Lipinski definition) is 1. The molecule has 0 saturated heterocycles. The molecule has 0 saturated carbocycles. The van der Waals surface area contributed by atoms with Crippen molar-refractivity contribution in [3.63, 3.8) is 0 Å². The summed E-state index contributed by atoms with van der Waals surface area (Å²) in [7, 11) is 1.55. The molecule has 3 aromatic carbocycles. The Hall–Kier alpha value is -3.69. The highest BCUT2D eigenvalue weighted by atomic mass is 32.2. The van der Waals surface area contributed by atoms with E-state index in [1.54, 1.807) is 49.6 Å². The van der Waals surface area contributed by atoms with Crippen LogP contribution in [-0.4, -0.2) is 23.0 Å². The number of hydrogen-bond acceptors (Lipinski definition) is 7. The number of pyridine rings is 1.